The van der Waals surface area contributed by atoms with Crippen molar-refractivity contribution < 1.29 is 67.5 Å². The topological polar surface area (TPSA) is 178 Å². The van der Waals surface area contributed by atoms with Gasteiger partial charge < -0.3 is 58.0 Å². The largest absolute Gasteiger partial charge is 0.459 e. The van der Waals surface area contributed by atoms with Crippen molar-refractivity contribution in [3.63, 3.8) is 0 Å². The van der Waals surface area contributed by atoms with Crippen LogP contribution in [0.4, 0.5) is 0 Å². The van der Waals surface area contributed by atoms with Crippen LogP contribution < -0.4 is 0 Å². The molecule has 3 N–H and O–H groups in total. The van der Waals surface area contributed by atoms with E-state index < -0.39 is 101 Å². The molecule has 0 saturated carbocycles. The van der Waals surface area contributed by atoms with Crippen LogP contribution in [0.25, 0.3) is 0 Å². The number of carbonyl (C=O) groups is 2. The number of carbonyl (C=O) groups excluding carboxylic acids is 2. The van der Waals surface area contributed by atoms with Crippen molar-refractivity contribution in [1.82, 2.24) is 0 Å². The van der Waals surface area contributed by atoms with Crippen molar-refractivity contribution in [2.45, 2.75) is 233 Å². The molecule has 0 aromatic carbocycles. The summed E-state index contributed by atoms with van der Waals surface area (Å²) >= 11 is 0. The van der Waals surface area contributed by atoms with E-state index in [2.05, 4.69) is 26.8 Å². The van der Waals surface area contributed by atoms with Gasteiger partial charge in [0.15, 0.2) is 17.4 Å². The van der Waals surface area contributed by atoms with Gasteiger partial charge in [-0.25, -0.2) is 0 Å². The van der Waals surface area contributed by atoms with Crippen molar-refractivity contribution >= 4 is 11.8 Å². The number of hydrogen-bond donors (Lipinski definition) is 3. The summed E-state index contributed by atoms with van der Waals surface area (Å²) in [7, 11) is 0. The molecule has 2 spiro atoms. The molecule has 0 aromatic rings. The summed E-state index contributed by atoms with van der Waals surface area (Å²) in [5.41, 5.74) is -1.16. The minimum absolute atomic E-state index is 0.0232. The number of aliphatic hydroxyl groups excluding tert-OH is 2. The first-order valence-electron chi connectivity index (χ1n) is 22.9. The number of allylic oxidation sites excluding steroid dienone is 3. The quantitative estimate of drug-likeness (QED) is 0.300. The second kappa shape index (κ2) is 15.7. The number of ether oxygens (including phenoxy) is 9. The molecule has 9 aliphatic rings. The smallest absolute Gasteiger partial charge is 0.311 e. The van der Waals surface area contributed by atoms with Gasteiger partial charge in [-0.15, -0.1) is 0 Å². The van der Waals surface area contributed by atoms with E-state index in [0.717, 1.165) is 37.7 Å². The van der Waals surface area contributed by atoms with Crippen LogP contribution in [0.1, 0.15) is 138 Å². The lowest BCUT2D eigenvalue weighted by atomic mass is 9.88. The maximum Gasteiger partial charge on any atom is 0.311 e. The van der Waals surface area contributed by atoms with Crippen LogP contribution in [-0.4, -0.2) is 129 Å². The number of hydrogen-bond acceptors (Lipinski definition) is 14. The highest BCUT2D eigenvalue weighted by Crippen LogP contribution is 2.55. The molecule has 18 atom stereocenters. The van der Waals surface area contributed by atoms with Gasteiger partial charge in [0, 0.05) is 38.5 Å². The Labute approximate surface area is 353 Å². The average molecular weight is 845 g/mol. The number of ketones is 1. The number of rotatable bonds is 1. The highest BCUT2D eigenvalue weighted by atomic mass is 16.8. The minimum atomic E-state index is -1.93. The van der Waals surface area contributed by atoms with E-state index in [1.54, 1.807) is 13.8 Å². The minimum Gasteiger partial charge on any atom is -0.459 e. The molecule has 8 saturated heterocycles. The summed E-state index contributed by atoms with van der Waals surface area (Å²) in [6.07, 6.45) is 6.84. The third-order valence-electron chi connectivity index (χ3n) is 15.5. The lowest BCUT2D eigenvalue weighted by Gasteiger charge is -2.47. The molecular weight excluding hydrogens is 776 g/mol. The lowest BCUT2D eigenvalue weighted by molar-refractivity contribution is -0.359. The average Bonchev–Trinajstić information content (AvgIpc) is 4.01. The summed E-state index contributed by atoms with van der Waals surface area (Å²) in [5.74, 6) is -5.02. The van der Waals surface area contributed by atoms with Crippen molar-refractivity contribution in [3.8, 4) is 0 Å². The molecule has 10 bridgehead atoms. The second-order valence-electron chi connectivity index (χ2n) is 20.7. The molecule has 336 valence electrons. The number of esters is 1. The zero-order chi connectivity index (χ0) is 42.5. The fraction of sp³-hybridized carbons (Fsp3) is 0.870. The maximum atomic E-state index is 14.0. The molecule has 14 heteroatoms. The van der Waals surface area contributed by atoms with Crippen molar-refractivity contribution in [2.24, 2.45) is 11.8 Å². The van der Waals surface area contributed by atoms with Gasteiger partial charge >= 0.3 is 5.97 Å². The fourth-order valence-corrected chi connectivity index (χ4v) is 12.2. The highest BCUT2D eigenvalue weighted by molar-refractivity contribution is 5.86. The SMILES string of the molecule is CC1=C\[C@H](C)CC2(C)CC[C@@H](O2)[C@@]23CC[C@@](C)(C[C@H](O2)[C@H]2O[C@](C)(CC2=O)[C@@H](O)[C@@H]2CCC4(CCC[C@H](O4)[C@@H](C)C(=O)O[C@@H]4C[C@@H]([C@@]5(O)OCCC[C@H]5O)O[C@@H]4\C=C\1)O2)O3. The summed E-state index contributed by atoms with van der Waals surface area (Å²) in [5, 5.41) is 34.3. The van der Waals surface area contributed by atoms with Gasteiger partial charge in [-0.3, -0.25) is 9.59 Å². The van der Waals surface area contributed by atoms with E-state index in [1.165, 1.54) is 0 Å². The number of fused-ring (bicyclic) bond motifs is 10. The first kappa shape index (κ1) is 43.4. The Morgan fingerprint density at radius 1 is 0.767 bits per heavy atom. The van der Waals surface area contributed by atoms with Gasteiger partial charge in [0.05, 0.1) is 42.0 Å². The van der Waals surface area contributed by atoms with Crippen LogP contribution in [0.2, 0.25) is 0 Å². The van der Waals surface area contributed by atoms with Crippen LogP contribution in [0.15, 0.2) is 23.8 Å². The Bertz CT molecular complexity index is 1720. The van der Waals surface area contributed by atoms with Crippen LogP contribution >= 0.6 is 0 Å². The predicted molar refractivity (Wildman–Crippen MR) is 213 cm³/mol. The summed E-state index contributed by atoms with van der Waals surface area (Å²) in [6, 6.07) is 0. The molecule has 9 rings (SSSR count). The van der Waals surface area contributed by atoms with Crippen LogP contribution in [0.3, 0.4) is 0 Å². The molecule has 0 radical (unpaired) electrons. The number of Topliss-reactive ketones (excluding diaryl/α,β-unsaturated/α-hetero) is 1. The van der Waals surface area contributed by atoms with Gasteiger partial charge in [-0.1, -0.05) is 30.7 Å². The van der Waals surface area contributed by atoms with Crippen molar-refractivity contribution in [3.05, 3.63) is 23.8 Å². The first-order valence-corrected chi connectivity index (χ1v) is 22.9. The maximum absolute atomic E-state index is 14.0. The molecule has 0 aliphatic carbocycles. The van der Waals surface area contributed by atoms with E-state index >= 15 is 0 Å². The van der Waals surface area contributed by atoms with E-state index in [4.69, 9.17) is 42.6 Å². The molecule has 2 unspecified atom stereocenters. The van der Waals surface area contributed by atoms with Crippen molar-refractivity contribution in [1.29, 1.82) is 0 Å². The molecule has 9 heterocycles. The van der Waals surface area contributed by atoms with E-state index in [-0.39, 0.29) is 37.3 Å². The van der Waals surface area contributed by atoms with Crippen LogP contribution in [0, 0.1) is 11.8 Å². The lowest BCUT2D eigenvalue weighted by Crippen LogP contribution is -2.57. The first-order chi connectivity index (χ1) is 28.3. The molecular formula is C46H68O14. The van der Waals surface area contributed by atoms with Gasteiger partial charge in [0.25, 0.3) is 0 Å². The van der Waals surface area contributed by atoms with Gasteiger partial charge in [0.1, 0.15) is 48.3 Å². The Morgan fingerprint density at radius 2 is 1.57 bits per heavy atom. The summed E-state index contributed by atoms with van der Waals surface area (Å²) in [6.45, 7) is 12.3. The Balaban J connectivity index is 1.00. The van der Waals surface area contributed by atoms with E-state index in [0.29, 0.717) is 51.4 Å². The normalized spacial score (nSPS) is 55.2. The Morgan fingerprint density at radius 3 is 2.37 bits per heavy atom. The van der Waals surface area contributed by atoms with E-state index in [1.807, 2.05) is 19.1 Å². The zero-order valence-corrected chi connectivity index (χ0v) is 36.3. The summed E-state index contributed by atoms with van der Waals surface area (Å²) in [4.78, 5) is 27.9. The Hall–Kier alpha value is -1.82. The third-order valence-corrected chi connectivity index (χ3v) is 15.5. The second-order valence-corrected chi connectivity index (χ2v) is 20.7. The highest BCUT2D eigenvalue weighted by Gasteiger charge is 2.65. The van der Waals surface area contributed by atoms with Gasteiger partial charge in [-0.2, -0.15) is 0 Å². The zero-order valence-electron chi connectivity index (χ0n) is 36.3. The molecule has 60 heavy (non-hydrogen) atoms. The molecule has 0 amide bonds. The standard InChI is InChI=1S/C46H68O14/c1-26-11-12-31-33(22-37(53-31)46(51)35(48)10-8-20-52-46)54-40(50)28(3)30-9-7-15-44(55-30)17-13-32(56-44)39(49)43(6)24-29(47)38(59-43)34-25-42(5)18-19-45(57-34,60-42)36-14-16-41(4,58-36)23-27(2)21-26/h11-12,21,27-28,30-39,48-49,51H,7-10,13-20,22-25H2,1-6H3/b12-11+,26-21+/t27-,28+,30-,31+,32-,33+,34-,35+,36+,37-,38-,39-,41?,42-,43+,44?,45-,46-/m0/s1. The predicted octanol–water partition coefficient (Wildman–Crippen LogP) is 5.01. The van der Waals surface area contributed by atoms with Crippen molar-refractivity contribution in [2.75, 3.05) is 6.61 Å². The third kappa shape index (κ3) is 7.90. The number of aliphatic hydroxyl groups is 3. The molecule has 14 nitrogen and oxygen atoms in total. The molecule has 9 aliphatic heterocycles. The van der Waals surface area contributed by atoms with Crippen LogP contribution in [0.5, 0.6) is 0 Å². The van der Waals surface area contributed by atoms with Gasteiger partial charge in [0.2, 0.25) is 5.79 Å². The summed E-state index contributed by atoms with van der Waals surface area (Å²) < 4.78 is 58.8. The fourth-order valence-electron chi connectivity index (χ4n) is 12.2. The molecule has 0 aromatic heterocycles. The Kier molecular flexibility index (Phi) is 11.4. The molecule has 8 fully saturated rings. The van der Waals surface area contributed by atoms with Crippen LogP contribution in [-0.2, 0) is 52.2 Å². The monoisotopic (exact) mass is 844 g/mol. The van der Waals surface area contributed by atoms with Gasteiger partial charge in [-0.05, 0) is 98.3 Å². The van der Waals surface area contributed by atoms with E-state index in [9.17, 15) is 24.9 Å².